The van der Waals surface area contributed by atoms with Crippen molar-refractivity contribution in [1.29, 1.82) is 0 Å². The lowest BCUT2D eigenvalue weighted by Crippen LogP contribution is -2.36. The zero-order valence-corrected chi connectivity index (χ0v) is 28.4. The number of nitrogens with one attached hydrogen (secondary N) is 2. The average molecular weight is 707 g/mol. The van der Waals surface area contributed by atoms with Gasteiger partial charge in [-0.3, -0.25) is 14.2 Å². The zero-order chi connectivity index (χ0) is 35.5. The Balaban J connectivity index is 1.45. The van der Waals surface area contributed by atoms with Gasteiger partial charge in [-0.25, -0.2) is 4.98 Å². The quantitative estimate of drug-likeness (QED) is 0.163. The topological polar surface area (TPSA) is 155 Å². The van der Waals surface area contributed by atoms with Crippen LogP contribution < -0.4 is 20.3 Å². The van der Waals surface area contributed by atoms with Crippen molar-refractivity contribution >= 4 is 48.3 Å². The van der Waals surface area contributed by atoms with Crippen molar-refractivity contribution in [1.82, 2.24) is 14.9 Å². The predicted octanol–water partition coefficient (Wildman–Crippen LogP) is 6.64. The van der Waals surface area contributed by atoms with Crippen molar-refractivity contribution in [2.45, 2.75) is 45.6 Å². The summed E-state index contributed by atoms with van der Waals surface area (Å²) in [5.74, 6) is -2.15. The van der Waals surface area contributed by atoms with Gasteiger partial charge in [0.25, 0.3) is 5.91 Å². The molecule has 0 unspecified atom stereocenters. The van der Waals surface area contributed by atoms with Crippen LogP contribution in [-0.4, -0.2) is 72.3 Å². The number of carbonyl (C=O) groups is 2. The molecule has 2 aromatic carbocycles. The number of fused-ring (bicyclic) bond motifs is 1. The lowest BCUT2D eigenvalue weighted by Gasteiger charge is -2.33. The van der Waals surface area contributed by atoms with Gasteiger partial charge >= 0.3 is 19.7 Å². The maximum absolute atomic E-state index is 14.2. The molecule has 0 saturated carbocycles. The minimum Gasteiger partial charge on any atom is -0.495 e. The molecule has 0 aliphatic carbocycles. The molecule has 5 rings (SSSR count). The normalized spacial score (nSPS) is 15.4. The molecule has 1 aromatic heterocycles. The van der Waals surface area contributed by atoms with Crippen LogP contribution in [-0.2, 0) is 37.3 Å². The van der Waals surface area contributed by atoms with Gasteiger partial charge in [0.15, 0.2) is 0 Å². The molecular formula is C32H38F3N6O7P. The average Bonchev–Trinajstić information content (AvgIpc) is 3.35. The number of rotatable bonds is 13. The fourth-order valence-corrected chi connectivity index (χ4v) is 7.67. The monoisotopic (exact) mass is 706 g/mol. The van der Waals surface area contributed by atoms with Gasteiger partial charge < -0.3 is 39.3 Å². The van der Waals surface area contributed by atoms with E-state index >= 15 is 0 Å². The van der Waals surface area contributed by atoms with Crippen LogP contribution >= 0.6 is 7.60 Å². The highest BCUT2D eigenvalue weighted by atomic mass is 31.2. The number of halogens is 3. The van der Waals surface area contributed by atoms with Crippen molar-refractivity contribution in [3.63, 3.8) is 0 Å². The summed E-state index contributed by atoms with van der Waals surface area (Å²) in [6, 6.07) is 8.10. The molecule has 13 nitrogen and oxygen atoms in total. The Morgan fingerprint density at radius 1 is 1.08 bits per heavy atom. The van der Waals surface area contributed by atoms with E-state index in [4.69, 9.17) is 13.8 Å². The number of carboxylic acids is 1. The smallest absolute Gasteiger partial charge is 0.421 e. The first-order valence-electron chi connectivity index (χ1n) is 15.7. The third-order valence-corrected chi connectivity index (χ3v) is 10.4. The third-order valence-electron chi connectivity index (χ3n) is 8.32. The lowest BCUT2D eigenvalue weighted by molar-refractivity contribution is -0.142. The number of alkyl halides is 3. The molecule has 49 heavy (non-hydrogen) atoms. The van der Waals surface area contributed by atoms with Crippen LogP contribution in [0, 0.1) is 5.92 Å². The number of anilines is 5. The van der Waals surface area contributed by atoms with Crippen LogP contribution in [0.1, 0.15) is 53.7 Å². The highest BCUT2D eigenvalue weighted by molar-refractivity contribution is 7.53. The molecule has 1 amide bonds. The van der Waals surface area contributed by atoms with E-state index in [0.29, 0.717) is 48.9 Å². The van der Waals surface area contributed by atoms with Gasteiger partial charge in [0, 0.05) is 44.1 Å². The van der Waals surface area contributed by atoms with Crippen molar-refractivity contribution in [2.24, 2.45) is 5.92 Å². The Morgan fingerprint density at radius 2 is 1.76 bits per heavy atom. The van der Waals surface area contributed by atoms with E-state index in [1.54, 1.807) is 45.2 Å². The van der Waals surface area contributed by atoms with Crippen molar-refractivity contribution in [3.8, 4) is 5.75 Å². The van der Waals surface area contributed by atoms with Gasteiger partial charge in [-0.1, -0.05) is 6.07 Å². The number of hydrogen-bond donors (Lipinski definition) is 3. The standard InChI is InChI=1S/C32H38F3N6O7P/c1-5-47-49(45,48-6-2)18-19-7-8-23(26(15-19)46-4)38-31-36-16-22(32(33,34)35)28(39-31)37-24-9-10-25(21-17-40(3)29(42)27(21)24)41-13-11-20(12-14-41)30(43)44/h7-10,15-16,20H,5-6,11-14,17-18H2,1-4H3,(H,43,44)(H2,36,37,38,39). The third kappa shape index (κ3) is 7.92. The van der Waals surface area contributed by atoms with E-state index in [0.717, 1.165) is 5.69 Å². The number of hydrogen-bond acceptors (Lipinski definition) is 11. The summed E-state index contributed by atoms with van der Waals surface area (Å²) in [6.45, 7) is 4.98. The maximum Gasteiger partial charge on any atom is 0.421 e. The van der Waals surface area contributed by atoms with Crippen molar-refractivity contribution < 1.29 is 46.2 Å². The van der Waals surface area contributed by atoms with Crippen molar-refractivity contribution in [3.05, 3.63) is 58.8 Å². The van der Waals surface area contributed by atoms with Crippen LogP contribution in [0.5, 0.6) is 5.75 Å². The number of methoxy groups -OCH3 is 1. The van der Waals surface area contributed by atoms with E-state index in [-0.39, 0.29) is 54.8 Å². The molecular weight excluding hydrogens is 668 g/mol. The van der Waals surface area contributed by atoms with Crippen LogP contribution in [0.4, 0.5) is 42.0 Å². The minimum absolute atomic E-state index is 0.0200. The van der Waals surface area contributed by atoms with Crippen LogP contribution in [0.15, 0.2) is 36.5 Å². The summed E-state index contributed by atoms with van der Waals surface area (Å²) >= 11 is 0. The Bertz CT molecular complexity index is 1760. The Morgan fingerprint density at radius 3 is 2.37 bits per heavy atom. The summed E-state index contributed by atoms with van der Waals surface area (Å²) in [4.78, 5) is 36.3. The van der Waals surface area contributed by atoms with Gasteiger partial charge in [-0.15, -0.1) is 0 Å². The second-order valence-electron chi connectivity index (χ2n) is 11.6. The molecule has 0 spiro atoms. The second kappa shape index (κ2) is 14.6. The number of benzene rings is 2. The molecule has 3 heterocycles. The van der Waals surface area contributed by atoms with Gasteiger partial charge in [0.1, 0.15) is 17.1 Å². The summed E-state index contributed by atoms with van der Waals surface area (Å²) < 4.78 is 71.9. The minimum atomic E-state index is -4.83. The van der Waals surface area contributed by atoms with E-state index in [1.165, 1.54) is 18.1 Å². The van der Waals surface area contributed by atoms with E-state index in [2.05, 4.69) is 20.6 Å². The number of aliphatic carboxylic acids is 1. The molecule has 2 aliphatic rings. The number of nitrogens with zero attached hydrogens (tertiary/aromatic N) is 4. The molecule has 1 fully saturated rings. The van der Waals surface area contributed by atoms with Crippen LogP contribution in [0.3, 0.4) is 0 Å². The number of piperidine rings is 1. The molecule has 0 bridgehead atoms. The number of ether oxygens (including phenoxy) is 1. The molecule has 0 atom stereocenters. The molecule has 0 radical (unpaired) electrons. The molecule has 3 aromatic rings. The first-order chi connectivity index (χ1) is 23.3. The first kappa shape index (κ1) is 35.9. The maximum atomic E-state index is 14.2. The largest absolute Gasteiger partial charge is 0.495 e. The number of carboxylic acid groups (broad SMARTS) is 1. The molecule has 17 heteroatoms. The molecule has 264 valence electrons. The first-order valence-corrected chi connectivity index (χ1v) is 17.4. The summed E-state index contributed by atoms with van der Waals surface area (Å²) in [5, 5.41) is 15.0. The predicted molar refractivity (Wildman–Crippen MR) is 176 cm³/mol. The summed E-state index contributed by atoms with van der Waals surface area (Å²) in [5.41, 5.74) is 1.49. The number of amides is 1. The SMILES string of the molecule is CCOP(=O)(Cc1ccc(Nc2ncc(C(F)(F)F)c(Nc3ccc(N4CCC(C(=O)O)CC4)c4c3C(=O)N(C)C4)n2)c(OC)c1)OCC. The zero-order valence-electron chi connectivity index (χ0n) is 27.5. The number of carbonyl (C=O) groups excluding carboxylic acids is 1. The van der Waals surface area contributed by atoms with Gasteiger partial charge in [-0.2, -0.15) is 18.2 Å². The molecule has 2 aliphatic heterocycles. The molecule has 1 saturated heterocycles. The van der Waals surface area contributed by atoms with Gasteiger partial charge in [-0.05, 0) is 56.5 Å². The van der Waals surface area contributed by atoms with E-state index in [1.807, 2.05) is 4.90 Å². The van der Waals surface area contributed by atoms with Crippen LogP contribution in [0.25, 0.3) is 0 Å². The fraction of sp³-hybridized carbons (Fsp3) is 0.438. The van der Waals surface area contributed by atoms with Gasteiger partial charge in [0.2, 0.25) is 5.95 Å². The summed E-state index contributed by atoms with van der Waals surface area (Å²) in [7, 11) is -0.406. The van der Waals surface area contributed by atoms with E-state index < -0.39 is 37.0 Å². The van der Waals surface area contributed by atoms with E-state index in [9.17, 15) is 32.4 Å². The van der Waals surface area contributed by atoms with Crippen LogP contribution in [0.2, 0.25) is 0 Å². The Kier molecular flexibility index (Phi) is 10.7. The van der Waals surface area contributed by atoms with Gasteiger partial charge in [0.05, 0.1) is 49.3 Å². The lowest BCUT2D eigenvalue weighted by atomic mass is 9.95. The van der Waals surface area contributed by atoms with Crippen molar-refractivity contribution in [2.75, 3.05) is 56.0 Å². The summed E-state index contributed by atoms with van der Waals surface area (Å²) in [6.07, 6.45) is -3.32. The fourth-order valence-electron chi connectivity index (χ4n) is 5.98. The Labute approximate surface area is 281 Å². The molecule has 3 N–H and O–H groups in total. The number of aromatic nitrogens is 2. The highest BCUT2D eigenvalue weighted by Crippen LogP contribution is 2.52. The highest BCUT2D eigenvalue weighted by Gasteiger charge is 2.38. The second-order valence-corrected chi connectivity index (χ2v) is 13.6. The Hall–Kier alpha value is -4.40.